The molecule has 21 heavy (non-hydrogen) atoms. The van der Waals surface area contributed by atoms with E-state index in [2.05, 4.69) is 0 Å². The van der Waals surface area contributed by atoms with Crippen LogP contribution >= 0.6 is 0 Å². The van der Waals surface area contributed by atoms with E-state index in [9.17, 15) is 13.2 Å². The molecule has 1 aromatic rings. The molecule has 116 valence electrons. The van der Waals surface area contributed by atoms with E-state index in [1.807, 2.05) is 6.92 Å². The third-order valence-corrected chi connectivity index (χ3v) is 4.30. The number of hydrogen-bond donors (Lipinski definition) is 1. The molecule has 0 atom stereocenters. The van der Waals surface area contributed by atoms with Crippen LogP contribution in [0.3, 0.4) is 0 Å². The highest BCUT2D eigenvalue weighted by Gasteiger charge is 2.25. The number of anilines is 1. The van der Waals surface area contributed by atoms with E-state index in [4.69, 9.17) is 9.88 Å². The minimum Gasteiger partial charge on any atom is -0.381 e. The van der Waals surface area contributed by atoms with Crippen molar-refractivity contribution in [3.8, 4) is 0 Å². The number of hydrogen-bond acceptors (Lipinski definition) is 4. The molecular formula is C14H20N2O4S. The third-order valence-electron chi connectivity index (χ3n) is 3.38. The van der Waals surface area contributed by atoms with E-state index in [1.165, 1.54) is 6.07 Å². The quantitative estimate of drug-likeness (QED) is 0.795. The molecule has 1 aliphatic heterocycles. The van der Waals surface area contributed by atoms with Crippen LogP contribution < -0.4 is 10.0 Å². The first kappa shape index (κ1) is 15.9. The maximum Gasteiger partial charge on any atom is 0.238 e. The molecule has 1 amide bonds. The summed E-state index contributed by atoms with van der Waals surface area (Å²) in [4.78, 5) is 13.9. The van der Waals surface area contributed by atoms with E-state index >= 15 is 0 Å². The van der Waals surface area contributed by atoms with Gasteiger partial charge in [0.25, 0.3) is 0 Å². The molecule has 1 heterocycles. The van der Waals surface area contributed by atoms with E-state index in [0.29, 0.717) is 32.6 Å². The number of sulfonamides is 1. The van der Waals surface area contributed by atoms with E-state index in [1.54, 1.807) is 17.0 Å². The Morgan fingerprint density at radius 1 is 1.38 bits per heavy atom. The summed E-state index contributed by atoms with van der Waals surface area (Å²) in [6.45, 7) is 3.65. The lowest BCUT2D eigenvalue weighted by molar-refractivity contribution is -0.119. The van der Waals surface area contributed by atoms with E-state index in [0.717, 1.165) is 17.7 Å². The SMILES string of the molecule is CCCOCCC(=O)N1CCc2cc(S(N)(=O)=O)ccc21. The van der Waals surface area contributed by atoms with Gasteiger partial charge in [0.05, 0.1) is 17.9 Å². The van der Waals surface area contributed by atoms with Crippen molar-refractivity contribution in [2.45, 2.75) is 31.1 Å². The first-order chi connectivity index (χ1) is 9.93. The number of carbonyl (C=O) groups is 1. The number of primary sulfonamides is 1. The van der Waals surface area contributed by atoms with Crippen molar-refractivity contribution in [1.82, 2.24) is 0 Å². The van der Waals surface area contributed by atoms with Gasteiger partial charge in [0, 0.05) is 18.8 Å². The van der Waals surface area contributed by atoms with Crippen LogP contribution in [0.5, 0.6) is 0 Å². The number of rotatable bonds is 6. The Labute approximate surface area is 124 Å². The Bertz CT molecular complexity index is 628. The largest absolute Gasteiger partial charge is 0.381 e. The van der Waals surface area contributed by atoms with Gasteiger partial charge < -0.3 is 9.64 Å². The molecule has 0 saturated carbocycles. The van der Waals surface area contributed by atoms with Gasteiger partial charge in [0.1, 0.15) is 0 Å². The molecule has 0 radical (unpaired) electrons. The van der Waals surface area contributed by atoms with Gasteiger partial charge in [0.15, 0.2) is 0 Å². The monoisotopic (exact) mass is 312 g/mol. The van der Waals surface area contributed by atoms with Crippen molar-refractivity contribution < 1.29 is 17.9 Å². The maximum atomic E-state index is 12.2. The molecule has 2 rings (SSSR count). The van der Waals surface area contributed by atoms with Gasteiger partial charge in [-0.05, 0) is 36.6 Å². The van der Waals surface area contributed by atoms with Crippen molar-refractivity contribution >= 4 is 21.6 Å². The summed E-state index contributed by atoms with van der Waals surface area (Å²) in [5.41, 5.74) is 1.60. The lowest BCUT2D eigenvalue weighted by atomic mass is 10.2. The summed E-state index contributed by atoms with van der Waals surface area (Å²) in [7, 11) is -3.71. The van der Waals surface area contributed by atoms with Gasteiger partial charge >= 0.3 is 0 Å². The van der Waals surface area contributed by atoms with Crippen molar-refractivity contribution in [3.05, 3.63) is 23.8 Å². The van der Waals surface area contributed by atoms with Gasteiger partial charge in [-0.1, -0.05) is 6.92 Å². The molecule has 0 spiro atoms. The topological polar surface area (TPSA) is 89.7 Å². The highest BCUT2D eigenvalue weighted by atomic mass is 32.2. The van der Waals surface area contributed by atoms with Crippen LogP contribution in [0.15, 0.2) is 23.1 Å². The van der Waals surface area contributed by atoms with Crippen LogP contribution in [-0.2, 0) is 26.0 Å². The van der Waals surface area contributed by atoms with Gasteiger partial charge in [-0.15, -0.1) is 0 Å². The van der Waals surface area contributed by atoms with E-state index < -0.39 is 10.0 Å². The van der Waals surface area contributed by atoms with Crippen LogP contribution in [0.4, 0.5) is 5.69 Å². The smallest absolute Gasteiger partial charge is 0.238 e. The Morgan fingerprint density at radius 2 is 2.14 bits per heavy atom. The lowest BCUT2D eigenvalue weighted by Crippen LogP contribution is -2.29. The van der Waals surface area contributed by atoms with Crippen molar-refractivity contribution in [3.63, 3.8) is 0 Å². The fourth-order valence-electron chi connectivity index (χ4n) is 2.36. The molecule has 7 heteroatoms. The summed E-state index contributed by atoms with van der Waals surface area (Å²) < 4.78 is 28.0. The molecule has 0 unspecified atom stereocenters. The fraction of sp³-hybridized carbons (Fsp3) is 0.500. The van der Waals surface area contributed by atoms with Crippen LogP contribution in [0.25, 0.3) is 0 Å². The summed E-state index contributed by atoms with van der Waals surface area (Å²) in [5, 5.41) is 5.11. The van der Waals surface area contributed by atoms with Crippen molar-refractivity contribution in [2.24, 2.45) is 5.14 Å². The summed E-state index contributed by atoms with van der Waals surface area (Å²) in [6.07, 6.45) is 1.90. The average molecular weight is 312 g/mol. The Balaban J connectivity index is 2.07. The second-order valence-electron chi connectivity index (χ2n) is 4.99. The molecule has 0 saturated heterocycles. The maximum absolute atomic E-state index is 12.2. The number of benzene rings is 1. The Hall–Kier alpha value is -1.44. The van der Waals surface area contributed by atoms with E-state index in [-0.39, 0.29) is 10.8 Å². The zero-order valence-corrected chi connectivity index (χ0v) is 12.9. The van der Waals surface area contributed by atoms with Crippen LogP contribution in [0, 0.1) is 0 Å². The van der Waals surface area contributed by atoms with Gasteiger partial charge in [-0.3, -0.25) is 4.79 Å². The number of nitrogens with zero attached hydrogens (tertiary/aromatic N) is 1. The molecule has 0 aromatic heterocycles. The Kier molecular flexibility index (Phi) is 4.97. The molecule has 0 fully saturated rings. The van der Waals surface area contributed by atoms with Gasteiger partial charge in [-0.25, -0.2) is 13.6 Å². The number of nitrogens with two attached hydrogens (primary N) is 1. The summed E-state index contributed by atoms with van der Waals surface area (Å²) in [6, 6.07) is 4.63. The van der Waals surface area contributed by atoms with Crippen LogP contribution in [-0.4, -0.2) is 34.1 Å². The standard InChI is InChI=1S/C14H20N2O4S/c1-2-8-20-9-6-14(17)16-7-5-11-10-12(21(15,18)19)3-4-13(11)16/h3-4,10H,2,5-9H2,1H3,(H2,15,18,19). The predicted molar refractivity (Wildman–Crippen MR) is 79.6 cm³/mol. The first-order valence-corrected chi connectivity index (χ1v) is 8.52. The highest BCUT2D eigenvalue weighted by molar-refractivity contribution is 7.89. The number of carbonyl (C=O) groups excluding carboxylic acids is 1. The second-order valence-corrected chi connectivity index (χ2v) is 6.55. The van der Waals surface area contributed by atoms with Gasteiger partial charge in [0.2, 0.25) is 15.9 Å². The zero-order chi connectivity index (χ0) is 15.5. The predicted octanol–water partition coefficient (Wildman–Crippen LogP) is 1.04. The summed E-state index contributed by atoms with van der Waals surface area (Å²) >= 11 is 0. The molecule has 6 nitrogen and oxygen atoms in total. The third kappa shape index (κ3) is 3.81. The molecule has 0 bridgehead atoms. The first-order valence-electron chi connectivity index (χ1n) is 6.97. The number of fused-ring (bicyclic) bond motifs is 1. The zero-order valence-electron chi connectivity index (χ0n) is 12.0. The second kappa shape index (κ2) is 6.55. The lowest BCUT2D eigenvalue weighted by Gasteiger charge is -2.17. The molecule has 1 aromatic carbocycles. The number of ether oxygens (including phenoxy) is 1. The highest BCUT2D eigenvalue weighted by Crippen LogP contribution is 2.30. The van der Waals surface area contributed by atoms with Crippen LogP contribution in [0.1, 0.15) is 25.3 Å². The fourth-order valence-corrected chi connectivity index (χ4v) is 2.92. The van der Waals surface area contributed by atoms with Gasteiger partial charge in [-0.2, -0.15) is 0 Å². The minimum absolute atomic E-state index is 0.00629. The minimum atomic E-state index is -3.71. The average Bonchev–Trinajstić information content (AvgIpc) is 2.85. The molecule has 0 aliphatic carbocycles. The van der Waals surface area contributed by atoms with Crippen LogP contribution in [0.2, 0.25) is 0 Å². The van der Waals surface area contributed by atoms with Crippen molar-refractivity contribution in [1.29, 1.82) is 0 Å². The van der Waals surface area contributed by atoms with Crippen molar-refractivity contribution in [2.75, 3.05) is 24.7 Å². The molecule has 2 N–H and O–H groups in total. The number of amides is 1. The summed E-state index contributed by atoms with van der Waals surface area (Å²) in [5.74, 6) is -0.00629. The Morgan fingerprint density at radius 3 is 2.81 bits per heavy atom. The molecular weight excluding hydrogens is 292 g/mol. The molecule has 1 aliphatic rings. The normalized spacial score (nSPS) is 14.3.